The van der Waals surface area contributed by atoms with Gasteiger partial charge in [0.2, 0.25) is 0 Å². The van der Waals surface area contributed by atoms with Gasteiger partial charge in [-0.2, -0.15) is 0 Å². The van der Waals surface area contributed by atoms with Crippen LogP contribution in [-0.4, -0.2) is 0 Å². The third-order valence-electron chi connectivity index (χ3n) is 12.2. The Kier molecular flexibility index (Phi) is 8.11. The molecule has 12 aromatic rings. The number of fused-ring (bicyclic) bond motifs is 8. The van der Waals surface area contributed by atoms with Crippen molar-refractivity contribution in [3.05, 3.63) is 224 Å². The topological polar surface area (TPSA) is 3.24 Å². The van der Waals surface area contributed by atoms with Gasteiger partial charge in [0.1, 0.15) is 0 Å². The number of hydrogen-bond donors (Lipinski definition) is 0. The number of rotatable bonds is 6. The van der Waals surface area contributed by atoms with Crippen molar-refractivity contribution in [3.63, 3.8) is 0 Å². The summed E-state index contributed by atoms with van der Waals surface area (Å²) in [5.41, 5.74) is 10.8. The van der Waals surface area contributed by atoms with Gasteiger partial charge in [-0.05, 0) is 131 Å². The molecule has 0 amide bonds. The molecule has 0 bridgehead atoms. The van der Waals surface area contributed by atoms with E-state index in [0.29, 0.717) is 0 Å². The van der Waals surface area contributed by atoms with E-state index in [2.05, 4.69) is 229 Å². The summed E-state index contributed by atoms with van der Waals surface area (Å²) in [6, 6.07) is 82.5. The van der Waals surface area contributed by atoms with Crippen LogP contribution in [0.5, 0.6) is 0 Å². The molecule has 11 aromatic carbocycles. The van der Waals surface area contributed by atoms with Crippen LogP contribution in [0.4, 0.5) is 17.1 Å². The highest BCUT2D eigenvalue weighted by atomic mass is 32.1. The lowest BCUT2D eigenvalue weighted by Gasteiger charge is -2.27. The second-order valence-corrected chi connectivity index (χ2v) is 16.7. The first kappa shape index (κ1) is 34.5. The van der Waals surface area contributed by atoms with Gasteiger partial charge < -0.3 is 4.90 Å². The molecule has 0 saturated heterocycles. The predicted molar refractivity (Wildman–Crippen MR) is 260 cm³/mol. The first-order valence-corrected chi connectivity index (χ1v) is 21.4. The summed E-state index contributed by atoms with van der Waals surface area (Å²) in [5, 5.41) is 12.6. The second-order valence-electron chi connectivity index (χ2n) is 15.6. The van der Waals surface area contributed by atoms with Crippen molar-refractivity contribution < 1.29 is 0 Å². The molecule has 0 unspecified atom stereocenters. The summed E-state index contributed by atoms with van der Waals surface area (Å²) in [7, 11) is 0. The predicted octanol–water partition coefficient (Wildman–Crippen LogP) is 17.1. The third kappa shape index (κ3) is 5.68. The van der Waals surface area contributed by atoms with Crippen LogP contribution >= 0.6 is 11.3 Å². The molecule has 0 saturated carbocycles. The molecule has 0 atom stereocenters. The summed E-state index contributed by atoms with van der Waals surface area (Å²) < 4.78 is 2.58. The first-order valence-electron chi connectivity index (χ1n) is 20.6. The Morgan fingerprint density at radius 1 is 0.283 bits per heavy atom. The van der Waals surface area contributed by atoms with Crippen molar-refractivity contribution in [2.45, 2.75) is 0 Å². The fourth-order valence-corrected chi connectivity index (χ4v) is 10.6. The van der Waals surface area contributed by atoms with Gasteiger partial charge in [0, 0.05) is 31.5 Å². The molecule has 0 fully saturated rings. The van der Waals surface area contributed by atoms with E-state index in [1.54, 1.807) is 0 Å². The summed E-state index contributed by atoms with van der Waals surface area (Å²) in [6.07, 6.45) is 0. The van der Waals surface area contributed by atoms with E-state index in [0.717, 1.165) is 11.4 Å². The van der Waals surface area contributed by atoms with Gasteiger partial charge in [-0.25, -0.2) is 0 Å². The Morgan fingerprint density at radius 3 is 1.67 bits per heavy atom. The summed E-state index contributed by atoms with van der Waals surface area (Å²) >= 11 is 1.87. The largest absolute Gasteiger partial charge is 0.310 e. The van der Waals surface area contributed by atoms with Crippen LogP contribution in [0.2, 0.25) is 0 Å². The van der Waals surface area contributed by atoms with E-state index in [-0.39, 0.29) is 0 Å². The van der Waals surface area contributed by atoms with Crippen LogP contribution in [0.3, 0.4) is 0 Å². The zero-order chi connectivity index (χ0) is 39.6. The minimum absolute atomic E-state index is 1.11. The van der Waals surface area contributed by atoms with Gasteiger partial charge in [-0.15, -0.1) is 11.3 Å². The highest BCUT2D eigenvalue weighted by Gasteiger charge is 2.21. The fourth-order valence-electron chi connectivity index (χ4n) is 9.42. The van der Waals surface area contributed by atoms with Crippen molar-refractivity contribution in [2.75, 3.05) is 4.90 Å². The SMILES string of the molecule is c1ccc(-c2ccccc2-c2ccc(N(c3ccc4c(-c5cc6ccccc6c6ccccc56)cccc4c3)c3cccc4sc5cc6ccccc6cc5c34)cc2)cc1. The molecule has 280 valence electrons. The molecule has 0 N–H and O–H groups in total. The minimum Gasteiger partial charge on any atom is -0.310 e. The molecule has 12 rings (SSSR count). The molecule has 60 heavy (non-hydrogen) atoms. The summed E-state index contributed by atoms with van der Waals surface area (Å²) in [6.45, 7) is 0. The summed E-state index contributed by atoms with van der Waals surface area (Å²) in [4.78, 5) is 2.47. The number of benzene rings is 11. The van der Waals surface area contributed by atoms with E-state index in [1.807, 2.05) is 11.3 Å². The number of anilines is 3. The Morgan fingerprint density at radius 2 is 0.867 bits per heavy atom. The van der Waals surface area contributed by atoms with Crippen LogP contribution in [-0.2, 0) is 0 Å². The van der Waals surface area contributed by atoms with Crippen LogP contribution in [0.1, 0.15) is 0 Å². The zero-order valence-corrected chi connectivity index (χ0v) is 33.5. The second kappa shape index (κ2) is 14.1. The zero-order valence-electron chi connectivity index (χ0n) is 32.7. The van der Waals surface area contributed by atoms with Crippen molar-refractivity contribution in [3.8, 4) is 33.4 Å². The first-order chi connectivity index (χ1) is 29.7. The van der Waals surface area contributed by atoms with E-state index in [4.69, 9.17) is 0 Å². The van der Waals surface area contributed by atoms with Crippen LogP contribution in [0, 0.1) is 0 Å². The summed E-state index contributed by atoms with van der Waals surface area (Å²) in [5.74, 6) is 0. The molecule has 2 heteroatoms. The molecule has 0 spiro atoms. The lowest BCUT2D eigenvalue weighted by atomic mass is 9.90. The third-order valence-corrected chi connectivity index (χ3v) is 13.3. The maximum absolute atomic E-state index is 2.47. The monoisotopic (exact) mass is 779 g/mol. The lowest BCUT2D eigenvalue weighted by Crippen LogP contribution is -2.10. The standard InChI is InChI=1S/C58H37NS/c1-2-14-38(15-3-1)46-20-8-9-21-47(46)39-28-30-44(31-29-39)59(55-26-13-27-56-58(55)54-35-40-16-4-5-17-41(40)37-57(54)60-56)45-32-33-49-42(34-45)19-12-25-51(49)53-36-43-18-6-7-22-48(43)50-23-10-11-24-52(50)53/h1-37H. The van der Waals surface area contributed by atoms with E-state index in [1.165, 1.54) is 102 Å². The molecular weight excluding hydrogens is 743 g/mol. The van der Waals surface area contributed by atoms with Crippen molar-refractivity contribution in [1.82, 2.24) is 0 Å². The van der Waals surface area contributed by atoms with Crippen molar-refractivity contribution >= 4 is 91.7 Å². The van der Waals surface area contributed by atoms with Gasteiger partial charge in [0.25, 0.3) is 0 Å². The van der Waals surface area contributed by atoms with E-state index < -0.39 is 0 Å². The van der Waals surface area contributed by atoms with E-state index >= 15 is 0 Å². The number of thiophene rings is 1. The molecule has 0 aliphatic heterocycles. The minimum atomic E-state index is 1.11. The maximum Gasteiger partial charge on any atom is 0.0554 e. The normalized spacial score (nSPS) is 11.7. The molecule has 1 nitrogen and oxygen atoms in total. The Bertz CT molecular complexity index is 3600. The van der Waals surface area contributed by atoms with Crippen molar-refractivity contribution in [1.29, 1.82) is 0 Å². The van der Waals surface area contributed by atoms with Gasteiger partial charge in [-0.1, -0.05) is 170 Å². The van der Waals surface area contributed by atoms with E-state index in [9.17, 15) is 0 Å². The molecular formula is C58H37NS. The number of hydrogen-bond acceptors (Lipinski definition) is 2. The Hall–Kier alpha value is -7.52. The fraction of sp³-hybridized carbons (Fsp3) is 0. The smallest absolute Gasteiger partial charge is 0.0554 e. The quantitative estimate of drug-likeness (QED) is 0.152. The van der Waals surface area contributed by atoms with Crippen LogP contribution in [0.25, 0.3) is 96.6 Å². The highest BCUT2D eigenvalue weighted by Crippen LogP contribution is 2.47. The van der Waals surface area contributed by atoms with Gasteiger partial charge >= 0.3 is 0 Å². The van der Waals surface area contributed by atoms with Crippen LogP contribution < -0.4 is 4.90 Å². The van der Waals surface area contributed by atoms with Crippen molar-refractivity contribution in [2.24, 2.45) is 0 Å². The molecule has 0 aliphatic rings. The average Bonchev–Trinajstić information content (AvgIpc) is 3.69. The van der Waals surface area contributed by atoms with Gasteiger partial charge in [0.05, 0.1) is 5.69 Å². The average molecular weight is 780 g/mol. The Balaban J connectivity index is 1.06. The number of nitrogens with zero attached hydrogens (tertiary/aromatic N) is 1. The molecule has 0 aliphatic carbocycles. The Labute approximate surface area is 352 Å². The van der Waals surface area contributed by atoms with Gasteiger partial charge in [0.15, 0.2) is 0 Å². The highest BCUT2D eigenvalue weighted by molar-refractivity contribution is 7.26. The maximum atomic E-state index is 2.47. The molecule has 1 aromatic heterocycles. The van der Waals surface area contributed by atoms with Crippen LogP contribution in [0.15, 0.2) is 224 Å². The molecule has 0 radical (unpaired) electrons. The molecule has 1 heterocycles. The lowest BCUT2D eigenvalue weighted by molar-refractivity contribution is 1.31. The van der Waals surface area contributed by atoms with Gasteiger partial charge in [-0.3, -0.25) is 0 Å².